The van der Waals surface area contributed by atoms with Crippen LogP contribution in [-0.2, 0) is 14.3 Å². The van der Waals surface area contributed by atoms with Gasteiger partial charge in [0.15, 0.2) is 0 Å². The van der Waals surface area contributed by atoms with Crippen LogP contribution in [-0.4, -0.2) is 48.6 Å². The normalized spacial score (nSPS) is 20.1. The largest absolute Gasteiger partial charge is 0.380 e. The predicted molar refractivity (Wildman–Crippen MR) is 64.5 cm³/mol. The molecule has 1 N–H and O–H groups in total. The topological polar surface area (TPSA) is 58.6 Å². The molecule has 17 heavy (non-hydrogen) atoms. The third kappa shape index (κ3) is 4.00. The lowest BCUT2D eigenvalue weighted by atomic mass is 10.0. The Hall–Kier alpha value is -1.10. The van der Waals surface area contributed by atoms with Gasteiger partial charge in [-0.3, -0.25) is 9.59 Å². The van der Waals surface area contributed by atoms with Gasteiger partial charge < -0.3 is 15.0 Å². The van der Waals surface area contributed by atoms with Gasteiger partial charge in [-0.05, 0) is 20.3 Å². The minimum Gasteiger partial charge on any atom is -0.380 e. The molecule has 0 bridgehead atoms. The lowest BCUT2D eigenvalue weighted by Crippen LogP contribution is -2.53. The molecule has 1 aliphatic heterocycles. The molecule has 0 spiro atoms. The van der Waals surface area contributed by atoms with E-state index in [0.717, 1.165) is 6.42 Å². The highest BCUT2D eigenvalue weighted by Gasteiger charge is 2.36. The minimum absolute atomic E-state index is 0.0385. The maximum atomic E-state index is 12.1. The molecule has 1 aliphatic rings. The van der Waals surface area contributed by atoms with E-state index in [0.29, 0.717) is 32.7 Å². The van der Waals surface area contributed by atoms with Gasteiger partial charge in [-0.15, -0.1) is 0 Å². The van der Waals surface area contributed by atoms with Gasteiger partial charge in [0.25, 0.3) is 0 Å². The van der Waals surface area contributed by atoms with E-state index in [4.69, 9.17) is 4.74 Å². The van der Waals surface area contributed by atoms with Crippen LogP contribution in [0, 0.1) is 0 Å². The van der Waals surface area contributed by atoms with Crippen LogP contribution < -0.4 is 5.32 Å². The number of nitrogens with zero attached hydrogens (tertiary/aromatic N) is 1. The first-order chi connectivity index (χ1) is 7.97. The first kappa shape index (κ1) is 14.0. The Kier molecular flexibility index (Phi) is 4.93. The summed E-state index contributed by atoms with van der Waals surface area (Å²) in [7, 11) is 0. The summed E-state index contributed by atoms with van der Waals surface area (Å²) in [6, 6.07) is 0. The van der Waals surface area contributed by atoms with Crippen LogP contribution in [0.1, 0.15) is 33.6 Å². The Morgan fingerprint density at radius 3 is 2.71 bits per heavy atom. The molecule has 0 unspecified atom stereocenters. The summed E-state index contributed by atoms with van der Waals surface area (Å²) < 4.78 is 5.37. The van der Waals surface area contributed by atoms with E-state index < -0.39 is 5.54 Å². The van der Waals surface area contributed by atoms with Crippen LogP contribution in [0.2, 0.25) is 0 Å². The average molecular weight is 242 g/mol. The molecule has 1 saturated heterocycles. The molecule has 1 rings (SSSR count). The number of amides is 2. The van der Waals surface area contributed by atoms with Gasteiger partial charge in [-0.2, -0.15) is 0 Å². The number of rotatable bonds is 5. The van der Waals surface area contributed by atoms with Crippen molar-refractivity contribution in [3.8, 4) is 0 Å². The molecule has 1 heterocycles. The average Bonchev–Trinajstić information content (AvgIpc) is 2.34. The van der Waals surface area contributed by atoms with Crippen LogP contribution in [0.5, 0.6) is 0 Å². The quantitative estimate of drug-likeness (QED) is 0.716. The number of carbonyl (C=O) groups is 2. The van der Waals surface area contributed by atoms with Crippen LogP contribution >= 0.6 is 0 Å². The third-order valence-corrected chi connectivity index (χ3v) is 2.74. The molecule has 0 aromatic rings. The molecule has 5 heteroatoms. The number of nitrogens with one attached hydrogen (secondary N) is 1. The van der Waals surface area contributed by atoms with Gasteiger partial charge in [0, 0.05) is 26.1 Å². The van der Waals surface area contributed by atoms with E-state index in [1.54, 1.807) is 18.7 Å². The molecule has 0 radical (unpaired) electrons. The standard InChI is InChI=1S/C12H22N2O3/c1-4-8-17-9-7-14-6-5-10(15)13-12(2,3)11(14)16/h4-9H2,1-3H3,(H,13,15). The number of carbonyl (C=O) groups excluding carboxylic acids is 2. The monoisotopic (exact) mass is 242 g/mol. The first-order valence-corrected chi connectivity index (χ1v) is 6.15. The Labute approximate surface area is 102 Å². The fraction of sp³-hybridized carbons (Fsp3) is 0.833. The number of hydrogen-bond acceptors (Lipinski definition) is 3. The summed E-state index contributed by atoms with van der Waals surface area (Å²) in [6.07, 6.45) is 1.34. The van der Waals surface area contributed by atoms with Crippen molar-refractivity contribution < 1.29 is 14.3 Å². The van der Waals surface area contributed by atoms with E-state index >= 15 is 0 Å². The lowest BCUT2D eigenvalue weighted by molar-refractivity contribution is -0.138. The Bertz CT molecular complexity index is 289. The smallest absolute Gasteiger partial charge is 0.247 e. The SMILES string of the molecule is CCCOCCN1CCC(=O)NC(C)(C)C1=O. The second-order valence-electron chi connectivity index (χ2n) is 4.83. The molecule has 0 aromatic carbocycles. The van der Waals surface area contributed by atoms with Gasteiger partial charge in [-0.25, -0.2) is 0 Å². The second kappa shape index (κ2) is 6.00. The van der Waals surface area contributed by atoms with Gasteiger partial charge in [0.05, 0.1) is 6.61 Å². The fourth-order valence-corrected chi connectivity index (χ4v) is 1.83. The minimum atomic E-state index is -0.807. The Morgan fingerprint density at radius 2 is 2.06 bits per heavy atom. The highest BCUT2D eigenvalue weighted by Crippen LogP contribution is 2.12. The highest BCUT2D eigenvalue weighted by atomic mass is 16.5. The summed E-state index contributed by atoms with van der Waals surface area (Å²) in [6.45, 7) is 7.78. The van der Waals surface area contributed by atoms with Crippen LogP contribution in [0.15, 0.2) is 0 Å². The van der Waals surface area contributed by atoms with Crippen LogP contribution in [0.3, 0.4) is 0 Å². The zero-order valence-electron chi connectivity index (χ0n) is 10.9. The van der Waals surface area contributed by atoms with E-state index in [1.165, 1.54) is 0 Å². The lowest BCUT2D eigenvalue weighted by Gasteiger charge is -2.28. The molecule has 0 aliphatic carbocycles. The van der Waals surface area contributed by atoms with Crippen molar-refractivity contribution in [2.24, 2.45) is 0 Å². The second-order valence-corrected chi connectivity index (χ2v) is 4.83. The van der Waals surface area contributed by atoms with Crippen molar-refractivity contribution in [1.29, 1.82) is 0 Å². The van der Waals surface area contributed by atoms with Gasteiger partial charge in [0.1, 0.15) is 5.54 Å². The van der Waals surface area contributed by atoms with E-state index in [-0.39, 0.29) is 11.8 Å². The molecule has 0 saturated carbocycles. The molecular weight excluding hydrogens is 220 g/mol. The van der Waals surface area contributed by atoms with E-state index in [2.05, 4.69) is 5.32 Å². The predicted octanol–water partition coefficient (Wildman–Crippen LogP) is 0.540. The van der Waals surface area contributed by atoms with Crippen molar-refractivity contribution in [3.05, 3.63) is 0 Å². The summed E-state index contributed by atoms with van der Waals surface area (Å²) in [5.41, 5.74) is -0.807. The van der Waals surface area contributed by atoms with Gasteiger partial charge in [-0.1, -0.05) is 6.92 Å². The molecule has 0 atom stereocenters. The zero-order chi connectivity index (χ0) is 12.9. The van der Waals surface area contributed by atoms with Crippen LogP contribution in [0.4, 0.5) is 0 Å². The molecular formula is C12H22N2O3. The van der Waals surface area contributed by atoms with Crippen molar-refractivity contribution in [3.63, 3.8) is 0 Å². The van der Waals surface area contributed by atoms with Gasteiger partial charge in [0.2, 0.25) is 11.8 Å². The maximum Gasteiger partial charge on any atom is 0.247 e. The van der Waals surface area contributed by atoms with Crippen molar-refractivity contribution in [2.45, 2.75) is 39.2 Å². The first-order valence-electron chi connectivity index (χ1n) is 6.15. The molecule has 1 fully saturated rings. The highest BCUT2D eigenvalue weighted by molar-refractivity contribution is 5.92. The van der Waals surface area contributed by atoms with Crippen molar-refractivity contribution in [2.75, 3.05) is 26.3 Å². The van der Waals surface area contributed by atoms with Crippen LogP contribution in [0.25, 0.3) is 0 Å². The maximum absolute atomic E-state index is 12.1. The van der Waals surface area contributed by atoms with E-state index in [9.17, 15) is 9.59 Å². The number of ether oxygens (including phenoxy) is 1. The Balaban J connectivity index is 2.52. The summed E-state index contributed by atoms with van der Waals surface area (Å²) in [5.74, 6) is -0.108. The summed E-state index contributed by atoms with van der Waals surface area (Å²) >= 11 is 0. The Morgan fingerprint density at radius 1 is 1.35 bits per heavy atom. The third-order valence-electron chi connectivity index (χ3n) is 2.74. The van der Waals surface area contributed by atoms with E-state index in [1.807, 2.05) is 6.92 Å². The molecule has 5 nitrogen and oxygen atoms in total. The summed E-state index contributed by atoms with van der Waals surface area (Å²) in [5, 5.41) is 2.73. The molecule has 0 aromatic heterocycles. The number of hydrogen-bond donors (Lipinski definition) is 1. The van der Waals surface area contributed by atoms with Gasteiger partial charge >= 0.3 is 0 Å². The zero-order valence-corrected chi connectivity index (χ0v) is 10.9. The van der Waals surface area contributed by atoms with Crippen molar-refractivity contribution in [1.82, 2.24) is 10.2 Å². The fourth-order valence-electron chi connectivity index (χ4n) is 1.83. The molecule has 98 valence electrons. The van der Waals surface area contributed by atoms with Crippen molar-refractivity contribution >= 4 is 11.8 Å². The summed E-state index contributed by atoms with van der Waals surface area (Å²) in [4.78, 5) is 25.3. The molecule has 2 amide bonds.